The molecule has 1 aliphatic rings. The highest BCUT2D eigenvalue weighted by Crippen LogP contribution is 2.05. The molecule has 1 aliphatic heterocycles. The van der Waals surface area contributed by atoms with Crippen molar-refractivity contribution in [2.24, 2.45) is 0 Å². The molecule has 1 fully saturated rings. The Morgan fingerprint density at radius 2 is 2.05 bits per heavy atom. The summed E-state index contributed by atoms with van der Waals surface area (Å²) >= 11 is 0. The third kappa shape index (κ3) is 3.18. The lowest BCUT2D eigenvalue weighted by molar-refractivity contribution is -0.135. The van der Waals surface area contributed by atoms with E-state index < -0.39 is 17.7 Å². The van der Waals surface area contributed by atoms with Crippen molar-refractivity contribution in [1.29, 1.82) is 0 Å². The maximum absolute atomic E-state index is 12.1. The molecule has 2 heterocycles. The first kappa shape index (κ1) is 13.7. The van der Waals surface area contributed by atoms with E-state index >= 15 is 0 Å². The lowest BCUT2D eigenvalue weighted by Gasteiger charge is -2.24. The Hall–Kier alpha value is -2.72. The van der Waals surface area contributed by atoms with Gasteiger partial charge in [0.1, 0.15) is 25.4 Å². The van der Waals surface area contributed by atoms with Gasteiger partial charge in [-0.1, -0.05) is 11.8 Å². The zero-order chi connectivity index (χ0) is 14.5. The molecule has 0 atom stereocenters. The predicted octanol–water partition coefficient (Wildman–Crippen LogP) is -1.48. The summed E-state index contributed by atoms with van der Waals surface area (Å²) < 4.78 is 0. The molecule has 1 aromatic rings. The van der Waals surface area contributed by atoms with Gasteiger partial charge in [0.25, 0.3) is 5.91 Å². The average molecular weight is 273 g/mol. The van der Waals surface area contributed by atoms with E-state index in [-0.39, 0.29) is 25.4 Å². The van der Waals surface area contributed by atoms with Crippen LogP contribution >= 0.6 is 0 Å². The number of hydrogen-bond acceptors (Lipinski definition) is 5. The molecular formula is C13H11N3O4. The van der Waals surface area contributed by atoms with Crippen LogP contribution in [0.5, 0.6) is 0 Å². The van der Waals surface area contributed by atoms with Crippen LogP contribution in [0.4, 0.5) is 0 Å². The summed E-state index contributed by atoms with van der Waals surface area (Å²) in [5.41, 5.74) is 0.685. The van der Waals surface area contributed by atoms with Crippen LogP contribution in [0.1, 0.15) is 16.1 Å². The second-order valence-corrected chi connectivity index (χ2v) is 4.02. The first-order chi connectivity index (χ1) is 9.60. The third-order valence-corrected chi connectivity index (χ3v) is 2.53. The van der Waals surface area contributed by atoms with E-state index in [1.807, 2.05) is 0 Å². The van der Waals surface area contributed by atoms with Crippen molar-refractivity contribution in [3.63, 3.8) is 0 Å². The number of rotatable bonds is 1. The molecule has 7 heteroatoms. The lowest BCUT2D eigenvalue weighted by atomic mass is 10.2. The highest BCUT2D eigenvalue weighted by molar-refractivity contribution is 6.05. The molecule has 0 spiro atoms. The molecule has 0 aliphatic carbocycles. The Kier molecular flexibility index (Phi) is 4.08. The maximum atomic E-state index is 12.1. The van der Waals surface area contributed by atoms with Crippen molar-refractivity contribution in [2.75, 3.05) is 19.7 Å². The number of hydrogen-bond donors (Lipinski definition) is 2. The van der Waals surface area contributed by atoms with Crippen molar-refractivity contribution in [3.05, 3.63) is 29.6 Å². The topological polar surface area (TPSA) is 99.6 Å². The highest BCUT2D eigenvalue weighted by Gasteiger charge is 2.27. The summed E-state index contributed by atoms with van der Waals surface area (Å²) in [4.78, 5) is 39.5. The van der Waals surface area contributed by atoms with Crippen LogP contribution in [0.25, 0.3) is 0 Å². The molecule has 2 rings (SSSR count). The van der Waals surface area contributed by atoms with E-state index in [1.54, 1.807) is 6.07 Å². The van der Waals surface area contributed by atoms with Crippen molar-refractivity contribution >= 4 is 17.7 Å². The zero-order valence-electron chi connectivity index (χ0n) is 10.4. The van der Waals surface area contributed by atoms with Gasteiger partial charge in [0.15, 0.2) is 0 Å². The minimum absolute atomic E-state index is 0.127. The zero-order valence-corrected chi connectivity index (χ0v) is 10.4. The monoisotopic (exact) mass is 273 g/mol. The number of imide groups is 1. The summed E-state index contributed by atoms with van der Waals surface area (Å²) in [5.74, 6) is 3.59. The normalized spacial score (nSPS) is 14.3. The number of nitrogens with one attached hydrogen (secondary N) is 1. The number of aliphatic hydroxyl groups excluding tert-OH is 1. The first-order valence-electron chi connectivity index (χ1n) is 5.78. The van der Waals surface area contributed by atoms with Gasteiger partial charge in [-0.15, -0.1) is 0 Å². The number of amides is 3. The molecule has 2 N–H and O–H groups in total. The van der Waals surface area contributed by atoms with Gasteiger partial charge in [-0.3, -0.25) is 19.7 Å². The van der Waals surface area contributed by atoms with Crippen LogP contribution in [0.3, 0.4) is 0 Å². The van der Waals surface area contributed by atoms with Gasteiger partial charge < -0.3 is 10.0 Å². The summed E-state index contributed by atoms with van der Waals surface area (Å²) in [7, 11) is 0. The highest BCUT2D eigenvalue weighted by atomic mass is 16.2. The van der Waals surface area contributed by atoms with Crippen LogP contribution in [0.15, 0.2) is 18.3 Å². The lowest BCUT2D eigenvalue weighted by Crippen LogP contribution is -2.53. The van der Waals surface area contributed by atoms with Crippen molar-refractivity contribution in [1.82, 2.24) is 15.2 Å². The Morgan fingerprint density at radius 1 is 1.35 bits per heavy atom. The molecule has 0 radical (unpaired) electrons. The Labute approximate surface area is 114 Å². The molecule has 0 aromatic carbocycles. The maximum Gasteiger partial charge on any atom is 0.273 e. The fraction of sp³-hybridized carbons (Fsp3) is 0.231. The van der Waals surface area contributed by atoms with Crippen LogP contribution in [-0.4, -0.2) is 52.4 Å². The number of aliphatic hydroxyl groups is 1. The van der Waals surface area contributed by atoms with Crippen LogP contribution in [0, 0.1) is 11.8 Å². The molecule has 1 saturated heterocycles. The summed E-state index contributed by atoms with van der Waals surface area (Å²) in [6, 6.07) is 3.04. The molecule has 0 unspecified atom stereocenters. The molecule has 1 aromatic heterocycles. The van der Waals surface area contributed by atoms with E-state index in [2.05, 4.69) is 22.1 Å². The Morgan fingerprint density at radius 3 is 2.60 bits per heavy atom. The fourth-order valence-electron chi connectivity index (χ4n) is 1.68. The van der Waals surface area contributed by atoms with Crippen LogP contribution in [-0.2, 0) is 9.59 Å². The van der Waals surface area contributed by atoms with Crippen molar-refractivity contribution in [3.8, 4) is 11.8 Å². The standard InChI is InChI=1S/C13H11N3O4/c17-5-1-2-9-3-4-10(14-6-9)13(20)16-7-11(18)15-12(19)8-16/h3-4,6,17H,5,7-8H2,(H,15,18,19). The van der Waals surface area contributed by atoms with E-state index in [4.69, 9.17) is 5.11 Å². The second kappa shape index (κ2) is 5.95. The largest absolute Gasteiger partial charge is 0.384 e. The molecule has 102 valence electrons. The first-order valence-corrected chi connectivity index (χ1v) is 5.78. The SMILES string of the molecule is O=C1CN(C(=O)c2ccc(C#CCO)cn2)CC(=O)N1. The molecule has 0 bridgehead atoms. The Balaban J connectivity index is 2.12. The van der Waals surface area contributed by atoms with E-state index in [1.165, 1.54) is 12.3 Å². The summed E-state index contributed by atoms with van der Waals surface area (Å²) in [5, 5.41) is 10.7. The molecule has 7 nitrogen and oxygen atoms in total. The third-order valence-electron chi connectivity index (χ3n) is 2.53. The van der Waals surface area contributed by atoms with Crippen molar-refractivity contribution < 1.29 is 19.5 Å². The Bertz CT molecular complexity index is 597. The predicted molar refractivity (Wildman–Crippen MR) is 67.3 cm³/mol. The molecular weight excluding hydrogens is 262 g/mol. The van der Waals surface area contributed by atoms with Crippen molar-refractivity contribution in [2.45, 2.75) is 0 Å². The fourth-order valence-corrected chi connectivity index (χ4v) is 1.68. The summed E-state index contributed by atoms with van der Waals surface area (Å²) in [6.07, 6.45) is 1.39. The minimum atomic E-state index is -0.514. The van der Waals surface area contributed by atoms with E-state index in [0.717, 1.165) is 4.90 Å². The number of nitrogens with zero attached hydrogens (tertiary/aromatic N) is 2. The minimum Gasteiger partial charge on any atom is -0.384 e. The number of carbonyl (C=O) groups is 3. The van der Waals surface area contributed by atoms with Gasteiger partial charge in [-0.05, 0) is 12.1 Å². The van der Waals surface area contributed by atoms with Gasteiger partial charge in [-0.2, -0.15) is 0 Å². The molecule has 3 amide bonds. The average Bonchev–Trinajstić information content (AvgIpc) is 2.44. The van der Waals surface area contributed by atoms with Crippen LogP contribution < -0.4 is 5.32 Å². The number of carbonyl (C=O) groups excluding carboxylic acids is 3. The van der Waals surface area contributed by atoms with Gasteiger partial charge in [0, 0.05) is 11.8 Å². The molecule has 0 saturated carbocycles. The summed E-state index contributed by atoms with van der Waals surface area (Å²) in [6.45, 7) is -0.595. The quantitative estimate of drug-likeness (QED) is 0.480. The van der Waals surface area contributed by atoms with Gasteiger partial charge in [0.05, 0.1) is 0 Å². The second-order valence-electron chi connectivity index (χ2n) is 4.02. The number of piperazine rings is 1. The van der Waals surface area contributed by atoms with Crippen LogP contribution in [0.2, 0.25) is 0 Å². The number of pyridine rings is 1. The van der Waals surface area contributed by atoms with Gasteiger partial charge in [-0.25, -0.2) is 4.98 Å². The molecule has 20 heavy (non-hydrogen) atoms. The number of aromatic nitrogens is 1. The van der Waals surface area contributed by atoms with E-state index in [9.17, 15) is 14.4 Å². The van der Waals surface area contributed by atoms with Gasteiger partial charge >= 0.3 is 0 Å². The smallest absolute Gasteiger partial charge is 0.273 e. The van der Waals surface area contributed by atoms with Gasteiger partial charge in [0.2, 0.25) is 11.8 Å². The van der Waals surface area contributed by atoms with E-state index in [0.29, 0.717) is 5.56 Å².